The maximum Gasteiger partial charge on any atom is 0.125 e. The first kappa shape index (κ1) is 15.3. The Morgan fingerprint density at radius 3 is 2.06 bits per heavy atom. The summed E-state index contributed by atoms with van der Waals surface area (Å²) in [6.45, 7) is 11.4. The first-order valence-corrected chi connectivity index (χ1v) is 6.80. The third-order valence-electron chi connectivity index (χ3n) is 2.54. The van der Waals surface area contributed by atoms with E-state index >= 15 is 0 Å². The van der Waals surface area contributed by atoms with Gasteiger partial charge in [-0.15, -0.1) is 11.6 Å². The van der Waals surface area contributed by atoms with Gasteiger partial charge in [-0.05, 0) is 51.3 Å². The van der Waals surface area contributed by atoms with Crippen LogP contribution in [0.2, 0.25) is 0 Å². The molecule has 18 heavy (non-hydrogen) atoms. The van der Waals surface area contributed by atoms with Crippen molar-refractivity contribution in [3.63, 3.8) is 0 Å². The third kappa shape index (κ3) is 4.87. The Kier molecular flexibility index (Phi) is 5.48. The molecule has 102 valence electrons. The number of ether oxygens (including phenoxy) is 2. The van der Waals surface area contributed by atoms with Gasteiger partial charge in [0.2, 0.25) is 0 Å². The van der Waals surface area contributed by atoms with Crippen molar-refractivity contribution < 1.29 is 9.47 Å². The van der Waals surface area contributed by atoms with E-state index in [4.69, 9.17) is 21.1 Å². The van der Waals surface area contributed by atoms with Gasteiger partial charge in [0.15, 0.2) is 0 Å². The van der Waals surface area contributed by atoms with Gasteiger partial charge in [-0.3, -0.25) is 0 Å². The van der Waals surface area contributed by atoms with E-state index in [2.05, 4.69) is 12.1 Å². The van der Waals surface area contributed by atoms with E-state index < -0.39 is 0 Å². The number of hydrogen-bond donors (Lipinski definition) is 0. The molecule has 3 heteroatoms. The molecular weight excluding hydrogens is 248 g/mol. The lowest BCUT2D eigenvalue weighted by molar-refractivity contribution is -0.0164. The zero-order chi connectivity index (χ0) is 13.8. The summed E-state index contributed by atoms with van der Waals surface area (Å²) in [7, 11) is 0. The number of hydrogen-bond acceptors (Lipinski definition) is 2. The fourth-order valence-electron chi connectivity index (χ4n) is 1.84. The van der Waals surface area contributed by atoms with E-state index in [1.54, 1.807) is 0 Å². The fourth-order valence-corrected chi connectivity index (χ4v) is 1.99. The molecule has 0 aliphatic heterocycles. The number of benzene rings is 1. The summed E-state index contributed by atoms with van der Waals surface area (Å²) < 4.78 is 11.4. The number of rotatable bonds is 5. The van der Waals surface area contributed by atoms with Gasteiger partial charge in [-0.25, -0.2) is 0 Å². The molecule has 0 unspecified atom stereocenters. The molecular formula is C15H23ClO2. The lowest BCUT2D eigenvalue weighted by atomic mass is 10.1. The molecule has 0 N–H and O–H groups in total. The Balaban J connectivity index is 2.57. The maximum atomic E-state index is 5.84. The van der Waals surface area contributed by atoms with Crippen LogP contribution in [-0.4, -0.2) is 18.8 Å². The summed E-state index contributed by atoms with van der Waals surface area (Å²) in [5, 5.41) is 0. The van der Waals surface area contributed by atoms with E-state index in [1.807, 2.05) is 34.6 Å². The monoisotopic (exact) mass is 270 g/mol. The van der Waals surface area contributed by atoms with Crippen LogP contribution in [0.25, 0.3) is 0 Å². The molecule has 0 saturated carbocycles. The van der Waals surface area contributed by atoms with Crippen LogP contribution in [0.5, 0.6) is 5.75 Å². The van der Waals surface area contributed by atoms with Crippen LogP contribution in [0.4, 0.5) is 0 Å². The summed E-state index contributed by atoms with van der Waals surface area (Å²) >= 11 is 5.84. The molecule has 1 aromatic rings. The number of halogens is 1. The second kappa shape index (κ2) is 6.44. The van der Waals surface area contributed by atoms with Crippen molar-refractivity contribution in [2.45, 2.75) is 46.1 Å². The Morgan fingerprint density at radius 2 is 1.61 bits per heavy atom. The van der Waals surface area contributed by atoms with Crippen LogP contribution in [0, 0.1) is 13.8 Å². The lowest BCUT2D eigenvalue weighted by Gasteiger charge is -2.20. The second-order valence-corrected chi connectivity index (χ2v) is 5.77. The highest BCUT2D eigenvalue weighted by Gasteiger charge is 2.10. The van der Waals surface area contributed by atoms with Crippen molar-refractivity contribution in [3.05, 3.63) is 28.8 Å². The largest absolute Gasteiger partial charge is 0.491 e. The molecule has 1 rings (SSSR count). The summed E-state index contributed by atoms with van der Waals surface area (Å²) in [6.07, 6.45) is 0. The van der Waals surface area contributed by atoms with Gasteiger partial charge in [0.25, 0.3) is 0 Å². The molecule has 0 amide bonds. The molecule has 0 aromatic heterocycles. The average Bonchev–Trinajstić information content (AvgIpc) is 2.25. The molecule has 0 atom stereocenters. The minimum absolute atomic E-state index is 0.115. The van der Waals surface area contributed by atoms with Crippen LogP contribution in [0.15, 0.2) is 12.1 Å². The Labute approximate surface area is 115 Å². The van der Waals surface area contributed by atoms with Crippen LogP contribution < -0.4 is 4.74 Å². The average molecular weight is 271 g/mol. The van der Waals surface area contributed by atoms with Crippen LogP contribution in [-0.2, 0) is 10.6 Å². The van der Waals surface area contributed by atoms with E-state index in [9.17, 15) is 0 Å². The highest BCUT2D eigenvalue weighted by molar-refractivity contribution is 6.17. The second-order valence-electron chi connectivity index (χ2n) is 5.50. The van der Waals surface area contributed by atoms with E-state index in [1.165, 1.54) is 0 Å². The number of alkyl halides is 1. The molecule has 0 radical (unpaired) electrons. The van der Waals surface area contributed by atoms with Crippen LogP contribution in [0.3, 0.4) is 0 Å². The van der Waals surface area contributed by atoms with Crippen molar-refractivity contribution in [3.8, 4) is 5.75 Å². The normalized spacial score (nSPS) is 11.7. The zero-order valence-corrected chi connectivity index (χ0v) is 12.7. The Morgan fingerprint density at radius 1 is 1.06 bits per heavy atom. The smallest absolute Gasteiger partial charge is 0.125 e. The summed E-state index contributed by atoms with van der Waals surface area (Å²) in [5.74, 6) is 1.48. The van der Waals surface area contributed by atoms with Gasteiger partial charge in [-0.2, -0.15) is 0 Å². The van der Waals surface area contributed by atoms with E-state index in [0.717, 1.165) is 22.4 Å². The predicted octanol–water partition coefficient (Wildman–Crippen LogP) is 4.24. The minimum Gasteiger partial charge on any atom is -0.491 e. The van der Waals surface area contributed by atoms with Crippen molar-refractivity contribution in [1.82, 2.24) is 0 Å². The Bertz CT molecular complexity index is 371. The van der Waals surface area contributed by atoms with Crippen molar-refractivity contribution in [2.75, 3.05) is 13.2 Å². The third-order valence-corrected chi connectivity index (χ3v) is 2.85. The van der Waals surface area contributed by atoms with Crippen LogP contribution in [0.1, 0.15) is 37.5 Å². The van der Waals surface area contributed by atoms with Crippen molar-refractivity contribution in [2.24, 2.45) is 0 Å². The molecule has 0 aliphatic rings. The summed E-state index contributed by atoms with van der Waals surface area (Å²) in [6, 6.07) is 4.14. The topological polar surface area (TPSA) is 18.5 Å². The van der Waals surface area contributed by atoms with Crippen molar-refractivity contribution >= 4 is 11.6 Å². The van der Waals surface area contributed by atoms with Gasteiger partial charge in [0, 0.05) is 5.88 Å². The molecule has 0 fully saturated rings. The highest BCUT2D eigenvalue weighted by Crippen LogP contribution is 2.25. The molecule has 2 nitrogen and oxygen atoms in total. The minimum atomic E-state index is -0.115. The van der Waals surface area contributed by atoms with Crippen LogP contribution >= 0.6 is 11.6 Å². The lowest BCUT2D eigenvalue weighted by Crippen LogP contribution is -2.22. The maximum absolute atomic E-state index is 5.84. The Hall–Kier alpha value is -0.730. The zero-order valence-electron chi connectivity index (χ0n) is 12.0. The SMILES string of the molecule is Cc1cc(CCl)cc(C)c1OCCOC(C)(C)C. The first-order valence-electron chi connectivity index (χ1n) is 6.26. The molecule has 0 saturated heterocycles. The summed E-state index contributed by atoms with van der Waals surface area (Å²) in [4.78, 5) is 0. The van der Waals surface area contributed by atoms with E-state index in [0.29, 0.717) is 19.1 Å². The summed E-state index contributed by atoms with van der Waals surface area (Å²) in [5.41, 5.74) is 3.27. The predicted molar refractivity (Wildman–Crippen MR) is 76.7 cm³/mol. The van der Waals surface area contributed by atoms with Gasteiger partial charge >= 0.3 is 0 Å². The number of aryl methyl sites for hydroxylation is 2. The quantitative estimate of drug-likeness (QED) is 0.589. The fraction of sp³-hybridized carbons (Fsp3) is 0.600. The van der Waals surface area contributed by atoms with Gasteiger partial charge < -0.3 is 9.47 Å². The van der Waals surface area contributed by atoms with Crippen molar-refractivity contribution in [1.29, 1.82) is 0 Å². The highest BCUT2D eigenvalue weighted by atomic mass is 35.5. The van der Waals surface area contributed by atoms with E-state index in [-0.39, 0.29) is 5.60 Å². The van der Waals surface area contributed by atoms with Gasteiger partial charge in [0.05, 0.1) is 12.2 Å². The molecule has 0 aliphatic carbocycles. The molecule has 1 aromatic carbocycles. The first-order chi connectivity index (χ1) is 8.33. The van der Waals surface area contributed by atoms with Gasteiger partial charge in [-0.1, -0.05) is 12.1 Å². The van der Waals surface area contributed by atoms with Gasteiger partial charge in [0.1, 0.15) is 12.4 Å². The molecule has 0 spiro atoms. The standard InChI is InChI=1S/C15H23ClO2/c1-11-8-13(10-16)9-12(2)14(11)17-6-7-18-15(3,4)5/h8-9H,6-7,10H2,1-5H3. The molecule has 0 bridgehead atoms. The molecule has 0 heterocycles.